The third-order valence-electron chi connectivity index (χ3n) is 5.13. The van der Waals surface area contributed by atoms with Gasteiger partial charge in [0, 0.05) is 38.7 Å². The molecule has 0 aromatic heterocycles. The van der Waals surface area contributed by atoms with E-state index in [0.717, 1.165) is 31.4 Å². The quantitative estimate of drug-likeness (QED) is 0.719. The van der Waals surface area contributed by atoms with Crippen molar-refractivity contribution >= 4 is 29.9 Å². The highest BCUT2D eigenvalue weighted by Gasteiger charge is 2.39. The molecule has 2 amide bonds. The summed E-state index contributed by atoms with van der Waals surface area (Å²) >= 11 is 0. The molecule has 0 saturated carbocycles. The van der Waals surface area contributed by atoms with Crippen LogP contribution in [0.2, 0.25) is 0 Å². The van der Waals surface area contributed by atoms with Gasteiger partial charge in [0.25, 0.3) is 0 Å². The minimum Gasteiger partial charge on any atom is -0.378 e. The molecular formula is C19H26ClF2N3O3. The number of hydrogen-bond donors (Lipinski definition) is 1. The first-order valence-corrected chi connectivity index (χ1v) is 9.35. The first-order valence-electron chi connectivity index (χ1n) is 9.35. The molecule has 2 fully saturated rings. The third-order valence-corrected chi connectivity index (χ3v) is 5.13. The lowest BCUT2D eigenvalue weighted by Crippen LogP contribution is -2.44. The Bertz CT molecular complexity index is 699. The van der Waals surface area contributed by atoms with Gasteiger partial charge in [0.1, 0.15) is 11.6 Å². The number of anilines is 1. The van der Waals surface area contributed by atoms with E-state index in [0.29, 0.717) is 26.2 Å². The molecule has 2 N–H and O–H groups in total. The lowest BCUT2D eigenvalue weighted by atomic mass is 10.0. The lowest BCUT2D eigenvalue weighted by Gasteiger charge is -2.33. The molecule has 0 bridgehead atoms. The third kappa shape index (κ3) is 5.18. The Morgan fingerprint density at radius 1 is 1.25 bits per heavy atom. The van der Waals surface area contributed by atoms with Gasteiger partial charge in [-0.05, 0) is 37.9 Å². The number of amides is 2. The van der Waals surface area contributed by atoms with Crippen molar-refractivity contribution in [3.63, 3.8) is 0 Å². The molecule has 1 aromatic rings. The molecule has 1 atom stereocenters. The predicted molar refractivity (Wildman–Crippen MR) is 103 cm³/mol. The number of rotatable bonds is 6. The van der Waals surface area contributed by atoms with Crippen molar-refractivity contribution in [2.45, 2.75) is 31.8 Å². The largest absolute Gasteiger partial charge is 0.378 e. The van der Waals surface area contributed by atoms with Crippen LogP contribution >= 0.6 is 12.4 Å². The Morgan fingerprint density at radius 3 is 2.61 bits per heavy atom. The molecule has 2 heterocycles. The summed E-state index contributed by atoms with van der Waals surface area (Å²) in [6.45, 7) is 2.51. The van der Waals surface area contributed by atoms with Crippen molar-refractivity contribution in [3.8, 4) is 0 Å². The highest BCUT2D eigenvalue weighted by Crippen LogP contribution is 2.29. The topological polar surface area (TPSA) is 75.9 Å². The van der Waals surface area contributed by atoms with Gasteiger partial charge in [-0.3, -0.25) is 9.59 Å². The van der Waals surface area contributed by atoms with Crippen LogP contribution in [0.4, 0.5) is 14.5 Å². The minimum absolute atomic E-state index is 0. The number of ether oxygens (including phenoxy) is 1. The second kappa shape index (κ2) is 10.1. The molecule has 3 rings (SSSR count). The van der Waals surface area contributed by atoms with Crippen LogP contribution in [0.15, 0.2) is 18.2 Å². The summed E-state index contributed by atoms with van der Waals surface area (Å²) in [7, 11) is 0. The van der Waals surface area contributed by atoms with E-state index in [1.165, 1.54) is 11.0 Å². The summed E-state index contributed by atoms with van der Waals surface area (Å²) < 4.78 is 32.8. The van der Waals surface area contributed by atoms with Gasteiger partial charge < -0.3 is 20.3 Å². The summed E-state index contributed by atoms with van der Waals surface area (Å²) in [5, 5.41) is 0. The maximum Gasteiger partial charge on any atom is 0.228 e. The Morgan fingerprint density at radius 2 is 1.96 bits per heavy atom. The average molecular weight is 418 g/mol. The van der Waals surface area contributed by atoms with E-state index in [1.54, 1.807) is 4.90 Å². The number of carbonyl (C=O) groups is 2. The van der Waals surface area contributed by atoms with Gasteiger partial charge in [0.15, 0.2) is 0 Å². The van der Waals surface area contributed by atoms with Crippen molar-refractivity contribution in [3.05, 3.63) is 29.8 Å². The zero-order chi connectivity index (χ0) is 19.4. The number of piperidine rings is 1. The Labute approximate surface area is 169 Å². The van der Waals surface area contributed by atoms with Crippen LogP contribution in [0, 0.1) is 17.6 Å². The summed E-state index contributed by atoms with van der Waals surface area (Å²) in [6.07, 6.45) is 2.51. The van der Waals surface area contributed by atoms with E-state index in [9.17, 15) is 18.4 Å². The minimum atomic E-state index is -0.799. The zero-order valence-corrected chi connectivity index (χ0v) is 16.4. The molecule has 1 unspecified atom stereocenters. The molecule has 0 aliphatic carbocycles. The highest BCUT2D eigenvalue weighted by molar-refractivity contribution is 6.00. The second-order valence-corrected chi connectivity index (χ2v) is 7.04. The molecule has 0 spiro atoms. The van der Waals surface area contributed by atoms with Gasteiger partial charge in [0.05, 0.1) is 17.7 Å². The average Bonchev–Trinajstić information content (AvgIpc) is 3.03. The summed E-state index contributed by atoms with van der Waals surface area (Å²) in [5.41, 5.74) is 5.47. The number of hydrogen-bond acceptors (Lipinski definition) is 4. The number of nitrogens with two attached hydrogens (primary N) is 1. The molecule has 2 saturated heterocycles. The lowest BCUT2D eigenvalue weighted by molar-refractivity contribution is -0.138. The SMILES string of the molecule is Cl.NCCCOC1CCN(C(=O)C2CC(=O)N(c3ccc(F)cc3F)C2)CC1. The smallest absolute Gasteiger partial charge is 0.228 e. The molecule has 0 radical (unpaired) electrons. The van der Waals surface area contributed by atoms with Gasteiger partial charge in [-0.25, -0.2) is 8.78 Å². The van der Waals surface area contributed by atoms with Gasteiger partial charge in [-0.15, -0.1) is 12.4 Å². The van der Waals surface area contributed by atoms with E-state index in [2.05, 4.69) is 0 Å². The van der Waals surface area contributed by atoms with Crippen LogP contribution in [-0.4, -0.2) is 55.6 Å². The van der Waals surface area contributed by atoms with Crippen molar-refractivity contribution in [1.29, 1.82) is 0 Å². The Balaban J connectivity index is 0.00000280. The fourth-order valence-corrected chi connectivity index (χ4v) is 3.64. The standard InChI is InChI=1S/C19H25F2N3O3.ClH/c20-14-2-3-17(16(21)11-14)24-12-13(10-18(24)25)19(26)23-7-4-15(5-8-23)27-9-1-6-22;/h2-3,11,13,15H,1,4-10,12,22H2;1H. The number of benzene rings is 1. The summed E-state index contributed by atoms with van der Waals surface area (Å²) in [4.78, 5) is 28.0. The van der Waals surface area contributed by atoms with Crippen LogP contribution < -0.4 is 10.6 Å². The molecule has 2 aliphatic heterocycles. The van der Waals surface area contributed by atoms with Crippen molar-refractivity contribution < 1.29 is 23.1 Å². The van der Waals surface area contributed by atoms with E-state index in [-0.39, 0.29) is 49.0 Å². The number of nitrogens with zero attached hydrogens (tertiary/aromatic N) is 2. The molecule has 2 aliphatic rings. The van der Waals surface area contributed by atoms with Crippen LogP contribution in [0.3, 0.4) is 0 Å². The Hall–Kier alpha value is -1.77. The van der Waals surface area contributed by atoms with Crippen molar-refractivity contribution in [2.75, 3.05) is 37.7 Å². The molecule has 1 aromatic carbocycles. The number of carbonyl (C=O) groups excluding carboxylic acids is 2. The highest BCUT2D eigenvalue weighted by atomic mass is 35.5. The van der Waals surface area contributed by atoms with E-state index >= 15 is 0 Å². The van der Waals surface area contributed by atoms with Crippen LogP contribution in [0.1, 0.15) is 25.7 Å². The van der Waals surface area contributed by atoms with Gasteiger partial charge >= 0.3 is 0 Å². The first-order chi connectivity index (χ1) is 13.0. The predicted octanol–water partition coefficient (Wildman–Crippen LogP) is 2.10. The molecule has 28 heavy (non-hydrogen) atoms. The maximum atomic E-state index is 14.0. The molecule has 156 valence electrons. The van der Waals surface area contributed by atoms with Gasteiger partial charge in [-0.2, -0.15) is 0 Å². The molecular weight excluding hydrogens is 392 g/mol. The molecule has 9 heteroatoms. The van der Waals surface area contributed by atoms with Gasteiger partial charge in [-0.1, -0.05) is 0 Å². The summed E-state index contributed by atoms with van der Waals surface area (Å²) in [6, 6.07) is 3.09. The number of likely N-dealkylation sites (tertiary alicyclic amines) is 1. The van der Waals surface area contributed by atoms with E-state index < -0.39 is 17.6 Å². The fraction of sp³-hybridized carbons (Fsp3) is 0.579. The van der Waals surface area contributed by atoms with Crippen LogP contribution in [0.5, 0.6) is 0 Å². The number of halogens is 3. The van der Waals surface area contributed by atoms with E-state index in [4.69, 9.17) is 10.5 Å². The second-order valence-electron chi connectivity index (χ2n) is 7.04. The molecule has 6 nitrogen and oxygen atoms in total. The fourth-order valence-electron chi connectivity index (χ4n) is 3.64. The van der Waals surface area contributed by atoms with Crippen LogP contribution in [-0.2, 0) is 14.3 Å². The van der Waals surface area contributed by atoms with Crippen LogP contribution in [0.25, 0.3) is 0 Å². The van der Waals surface area contributed by atoms with E-state index in [1.807, 2.05) is 0 Å². The van der Waals surface area contributed by atoms with Crippen molar-refractivity contribution in [2.24, 2.45) is 11.7 Å². The summed E-state index contributed by atoms with van der Waals surface area (Å²) in [5.74, 6) is -2.41. The first kappa shape index (κ1) is 22.5. The maximum absolute atomic E-state index is 14.0. The normalized spacial score (nSPS) is 20.4. The van der Waals surface area contributed by atoms with Crippen molar-refractivity contribution in [1.82, 2.24) is 4.90 Å². The Kier molecular flexibility index (Phi) is 8.15. The zero-order valence-electron chi connectivity index (χ0n) is 15.6. The van der Waals surface area contributed by atoms with Gasteiger partial charge in [0.2, 0.25) is 11.8 Å². The monoisotopic (exact) mass is 417 g/mol.